The van der Waals surface area contributed by atoms with E-state index in [4.69, 9.17) is 28.9 Å². The molecule has 0 radical (unpaired) electrons. The van der Waals surface area contributed by atoms with Crippen molar-refractivity contribution in [3.63, 3.8) is 0 Å². The molecule has 4 heteroatoms. The van der Waals surface area contributed by atoms with Gasteiger partial charge in [-0.15, -0.1) is 0 Å². The van der Waals surface area contributed by atoms with E-state index in [1.807, 2.05) is 49.4 Å². The van der Waals surface area contributed by atoms with Crippen molar-refractivity contribution in [1.82, 2.24) is 0 Å². The van der Waals surface area contributed by atoms with Crippen LogP contribution in [0.25, 0.3) is 0 Å². The summed E-state index contributed by atoms with van der Waals surface area (Å²) in [5.74, 6) is 0. The van der Waals surface area contributed by atoms with Crippen molar-refractivity contribution in [1.29, 1.82) is 0 Å². The fourth-order valence-electron chi connectivity index (χ4n) is 2.07. The van der Waals surface area contributed by atoms with Crippen LogP contribution in [-0.2, 0) is 12.0 Å². The van der Waals surface area contributed by atoms with E-state index >= 15 is 0 Å². The molecule has 0 bridgehead atoms. The lowest BCUT2D eigenvalue weighted by Crippen LogP contribution is -2.35. The molecule has 1 atom stereocenters. The molecule has 2 aromatic rings. The van der Waals surface area contributed by atoms with Crippen LogP contribution in [0.5, 0.6) is 0 Å². The molecule has 0 saturated carbocycles. The lowest BCUT2D eigenvalue weighted by molar-refractivity contribution is 0.491. The Bertz CT molecular complexity index is 579. The first-order valence-electron chi connectivity index (χ1n) is 5.87. The van der Waals surface area contributed by atoms with E-state index in [0.717, 1.165) is 20.6 Å². The molecule has 0 fully saturated rings. The summed E-state index contributed by atoms with van der Waals surface area (Å²) in [5, 5.41) is 1.40. The fourth-order valence-corrected chi connectivity index (χ4v) is 3.09. The predicted octanol–water partition coefficient (Wildman–Crippen LogP) is 5.17. The number of rotatable bonds is 3. The van der Waals surface area contributed by atoms with Gasteiger partial charge in [0.15, 0.2) is 0 Å². The first-order chi connectivity index (χ1) is 8.88. The van der Waals surface area contributed by atoms with Crippen molar-refractivity contribution in [2.45, 2.75) is 18.9 Å². The maximum atomic E-state index is 6.43. The molecule has 0 aliphatic heterocycles. The highest BCUT2D eigenvalue weighted by Gasteiger charge is 2.24. The molecule has 0 aliphatic carbocycles. The molecule has 2 N–H and O–H groups in total. The lowest BCUT2D eigenvalue weighted by atomic mass is 9.86. The van der Waals surface area contributed by atoms with Crippen molar-refractivity contribution < 1.29 is 0 Å². The summed E-state index contributed by atoms with van der Waals surface area (Å²) in [5.41, 5.74) is 7.97. The average Bonchev–Trinajstić information content (AvgIpc) is 2.31. The predicted molar refractivity (Wildman–Crippen MR) is 85.8 cm³/mol. The third-order valence-corrected chi connectivity index (χ3v) is 4.09. The van der Waals surface area contributed by atoms with Crippen LogP contribution in [0.2, 0.25) is 10.0 Å². The van der Waals surface area contributed by atoms with Crippen molar-refractivity contribution in [3.05, 3.63) is 68.1 Å². The van der Waals surface area contributed by atoms with Crippen LogP contribution in [-0.4, -0.2) is 0 Å². The maximum absolute atomic E-state index is 6.43. The molecular formula is C15H14BrCl2N. The molecule has 100 valence electrons. The Kier molecular flexibility index (Phi) is 4.57. The van der Waals surface area contributed by atoms with Gasteiger partial charge in [0.2, 0.25) is 0 Å². The Hall–Kier alpha value is -0.540. The van der Waals surface area contributed by atoms with E-state index < -0.39 is 5.54 Å². The summed E-state index contributed by atoms with van der Waals surface area (Å²) in [4.78, 5) is 0. The Morgan fingerprint density at radius 1 is 1.11 bits per heavy atom. The van der Waals surface area contributed by atoms with Crippen LogP contribution in [0.1, 0.15) is 18.1 Å². The Labute approximate surface area is 131 Å². The summed E-state index contributed by atoms with van der Waals surface area (Å²) in [6.07, 6.45) is 0.700. The zero-order valence-corrected chi connectivity index (χ0v) is 13.6. The summed E-state index contributed by atoms with van der Waals surface area (Å²) in [6.45, 7) is 1.98. The van der Waals surface area contributed by atoms with Crippen LogP contribution < -0.4 is 5.73 Å². The second-order valence-electron chi connectivity index (χ2n) is 4.84. The van der Waals surface area contributed by atoms with E-state index in [1.54, 1.807) is 0 Å². The fraction of sp³-hybridized carbons (Fsp3) is 0.200. The second-order valence-corrected chi connectivity index (χ2v) is 6.60. The highest BCUT2D eigenvalue weighted by molar-refractivity contribution is 9.10. The van der Waals surface area contributed by atoms with Gasteiger partial charge in [-0.3, -0.25) is 0 Å². The molecule has 19 heavy (non-hydrogen) atoms. The minimum absolute atomic E-state index is 0.522. The summed E-state index contributed by atoms with van der Waals surface area (Å²) >= 11 is 15.6. The third kappa shape index (κ3) is 3.73. The van der Waals surface area contributed by atoms with Crippen molar-refractivity contribution >= 4 is 39.1 Å². The summed E-state index contributed by atoms with van der Waals surface area (Å²) in [6, 6.07) is 13.5. The first-order valence-corrected chi connectivity index (χ1v) is 7.42. The minimum atomic E-state index is -0.522. The van der Waals surface area contributed by atoms with Gasteiger partial charge >= 0.3 is 0 Å². The topological polar surface area (TPSA) is 26.0 Å². The van der Waals surface area contributed by atoms with E-state index in [2.05, 4.69) is 15.9 Å². The average molecular weight is 359 g/mol. The van der Waals surface area contributed by atoms with Crippen LogP contribution in [0, 0.1) is 0 Å². The quantitative estimate of drug-likeness (QED) is 0.804. The first kappa shape index (κ1) is 14.9. The smallest absolute Gasteiger partial charge is 0.0467 e. The zero-order valence-electron chi connectivity index (χ0n) is 10.5. The van der Waals surface area contributed by atoms with Crippen LogP contribution >= 0.6 is 39.1 Å². The standard InChI is InChI=1S/C15H14BrCl2N/c1-15(19,9-10-2-5-12(17)6-3-10)13-7-4-11(16)8-14(13)18/h2-8H,9,19H2,1H3. The van der Waals surface area contributed by atoms with Gasteiger partial charge in [-0.2, -0.15) is 0 Å². The molecule has 2 aromatic carbocycles. The van der Waals surface area contributed by atoms with Gasteiger partial charge in [-0.25, -0.2) is 0 Å². The monoisotopic (exact) mass is 357 g/mol. The minimum Gasteiger partial charge on any atom is -0.321 e. The maximum Gasteiger partial charge on any atom is 0.0467 e. The molecular weight excluding hydrogens is 345 g/mol. The molecule has 1 nitrogen and oxygen atoms in total. The van der Waals surface area contributed by atoms with Crippen molar-refractivity contribution in [3.8, 4) is 0 Å². The van der Waals surface area contributed by atoms with Gasteiger partial charge in [0.1, 0.15) is 0 Å². The van der Waals surface area contributed by atoms with Crippen LogP contribution in [0.4, 0.5) is 0 Å². The van der Waals surface area contributed by atoms with E-state index in [-0.39, 0.29) is 0 Å². The molecule has 0 heterocycles. The van der Waals surface area contributed by atoms with E-state index in [1.165, 1.54) is 0 Å². The highest BCUT2D eigenvalue weighted by Crippen LogP contribution is 2.31. The van der Waals surface area contributed by atoms with Gasteiger partial charge in [-0.05, 0) is 48.7 Å². The second kappa shape index (κ2) is 5.84. The lowest BCUT2D eigenvalue weighted by Gasteiger charge is -2.26. The largest absolute Gasteiger partial charge is 0.321 e. The Morgan fingerprint density at radius 2 is 1.74 bits per heavy atom. The molecule has 0 aliphatic rings. The molecule has 0 spiro atoms. The highest BCUT2D eigenvalue weighted by atomic mass is 79.9. The van der Waals surface area contributed by atoms with Crippen LogP contribution in [0.15, 0.2) is 46.9 Å². The van der Waals surface area contributed by atoms with Gasteiger partial charge in [0.25, 0.3) is 0 Å². The van der Waals surface area contributed by atoms with Crippen molar-refractivity contribution in [2.24, 2.45) is 5.73 Å². The number of benzene rings is 2. The molecule has 0 amide bonds. The van der Waals surface area contributed by atoms with E-state index in [0.29, 0.717) is 11.4 Å². The normalized spacial score (nSPS) is 14.2. The molecule has 0 aromatic heterocycles. The van der Waals surface area contributed by atoms with E-state index in [9.17, 15) is 0 Å². The van der Waals surface area contributed by atoms with Gasteiger partial charge < -0.3 is 5.73 Å². The third-order valence-electron chi connectivity index (χ3n) is 3.03. The SMILES string of the molecule is CC(N)(Cc1ccc(Cl)cc1)c1ccc(Br)cc1Cl. The van der Waals surface area contributed by atoms with Crippen molar-refractivity contribution in [2.75, 3.05) is 0 Å². The zero-order chi connectivity index (χ0) is 14.0. The number of hydrogen-bond donors (Lipinski definition) is 1. The Balaban J connectivity index is 2.29. The van der Waals surface area contributed by atoms with Crippen LogP contribution in [0.3, 0.4) is 0 Å². The van der Waals surface area contributed by atoms with Gasteiger partial charge in [0.05, 0.1) is 0 Å². The molecule has 2 rings (SSSR count). The number of hydrogen-bond acceptors (Lipinski definition) is 1. The van der Waals surface area contributed by atoms with Gasteiger partial charge in [-0.1, -0.05) is 57.3 Å². The number of halogens is 3. The number of nitrogens with two attached hydrogens (primary N) is 1. The van der Waals surface area contributed by atoms with Gasteiger partial charge in [0, 0.05) is 20.1 Å². The summed E-state index contributed by atoms with van der Waals surface area (Å²) < 4.78 is 0.948. The molecule has 0 saturated heterocycles. The molecule has 1 unspecified atom stereocenters. The Morgan fingerprint density at radius 3 is 2.32 bits per heavy atom. The summed E-state index contributed by atoms with van der Waals surface area (Å²) in [7, 11) is 0.